The largest absolute Gasteiger partial charge is 0.384 e. The van der Waals surface area contributed by atoms with Crippen molar-refractivity contribution < 1.29 is 9.90 Å². The van der Waals surface area contributed by atoms with Crippen LogP contribution in [-0.4, -0.2) is 23.2 Å². The highest BCUT2D eigenvalue weighted by atomic mass is 16.2. The number of aliphatic hydroxyl groups is 1. The van der Waals surface area contributed by atoms with Crippen molar-refractivity contribution in [3.05, 3.63) is 35.4 Å². The zero-order valence-electron chi connectivity index (χ0n) is 11.8. The van der Waals surface area contributed by atoms with Crippen LogP contribution in [0.15, 0.2) is 24.3 Å². The van der Waals surface area contributed by atoms with Gasteiger partial charge in [-0.2, -0.15) is 0 Å². The lowest BCUT2D eigenvalue weighted by molar-refractivity contribution is 0.0901. The van der Waals surface area contributed by atoms with E-state index in [2.05, 4.69) is 31.0 Å². The van der Waals surface area contributed by atoms with E-state index in [9.17, 15) is 4.79 Å². The van der Waals surface area contributed by atoms with E-state index < -0.39 is 0 Å². The number of carbonyl (C=O) groups is 1. The normalized spacial score (nSPS) is 10.5. The van der Waals surface area contributed by atoms with Gasteiger partial charge in [-0.25, -0.2) is 0 Å². The second-order valence-electron chi connectivity index (χ2n) is 4.76. The Labute approximate surface area is 115 Å². The fourth-order valence-corrected chi connectivity index (χ4v) is 1.62. The molecule has 3 nitrogen and oxygen atoms in total. The van der Waals surface area contributed by atoms with Gasteiger partial charge in [0.1, 0.15) is 6.61 Å². The second-order valence-corrected chi connectivity index (χ2v) is 4.76. The molecule has 0 radical (unpaired) electrons. The molecule has 19 heavy (non-hydrogen) atoms. The lowest BCUT2D eigenvalue weighted by Gasteiger charge is -2.28. The van der Waals surface area contributed by atoms with E-state index in [-0.39, 0.29) is 18.1 Å². The van der Waals surface area contributed by atoms with Gasteiger partial charge in [0.25, 0.3) is 5.91 Å². The Kier molecular flexibility index (Phi) is 5.59. The monoisotopic (exact) mass is 259 g/mol. The van der Waals surface area contributed by atoms with Crippen molar-refractivity contribution >= 4 is 5.91 Å². The summed E-state index contributed by atoms with van der Waals surface area (Å²) in [5, 5.41) is 11.7. The molecular formula is C16H21NO2. The summed E-state index contributed by atoms with van der Waals surface area (Å²) in [5.41, 5.74) is 1.26. The van der Waals surface area contributed by atoms with Crippen LogP contribution < -0.4 is 5.32 Å². The molecule has 1 rings (SSSR count). The van der Waals surface area contributed by atoms with Gasteiger partial charge >= 0.3 is 0 Å². The van der Waals surface area contributed by atoms with E-state index in [1.165, 1.54) is 0 Å². The Bertz CT molecular complexity index is 476. The lowest BCUT2D eigenvalue weighted by atomic mass is 9.95. The van der Waals surface area contributed by atoms with Crippen molar-refractivity contribution in [1.82, 2.24) is 5.32 Å². The number of nitrogens with one attached hydrogen (secondary N) is 1. The second kappa shape index (κ2) is 6.96. The molecule has 1 amide bonds. The summed E-state index contributed by atoms with van der Waals surface area (Å²) in [6.07, 6.45) is 1.80. The van der Waals surface area contributed by atoms with Gasteiger partial charge in [-0.15, -0.1) is 0 Å². The van der Waals surface area contributed by atoms with Gasteiger partial charge in [0.05, 0.1) is 0 Å². The van der Waals surface area contributed by atoms with Crippen LogP contribution in [0.3, 0.4) is 0 Å². The van der Waals surface area contributed by atoms with E-state index in [1.807, 2.05) is 6.92 Å². The van der Waals surface area contributed by atoms with E-state index in [4.69, 9.17) is 5.11 Å². The lowest BCUT2D eigenvalue weighted by Crippen LogP contribution is -2.44. The maximum absolute atomic E-state index is 12.1. The molecule has 2 N–H and O–H groups in total. The smallest absolute Gasteiger partial charge is 0.251 e. The molecule has 1 aromatic rings. The van der Waals surface area contributed by atoms with E-state index in [1.54, 1.807) is 24.3 Å². The van der Waals surface area contributed by atoms with Gasteiger partial charge in [0.15, 0.2) is 0 Å². The molecule has 0 atom stereocenters. The van der Waals surface area contributed by atoms with Crippen molar-refractivity contribution in [2.24, 2.45) is 0 Å². The molecule has 0 aromatic heterocycles. The summed E-state index contributed by atoms with van der Waals surface area (Å²) in [6.45, 7) is 6.02. The summed E-state index contributed by atoms with van der Waals surface area (Å²) in [5.74, 6) is 5.31. The van der Waals surface area contributed by atoms with Gasteiger partial charge in [-0.1, -0.05) is 25.7 Å². The molecule has 0 bridgehead atoms. The minimum absolute atomic E-state index is 0.0622. The minimum Gasteiger partial charge on any atom is -0.384 e. The van der Waals surface area contributed by atoms with Crippen molar-refractivity contribution in [2.45, 2.75) is 39.2 Å². The molecule has 1 aromatic carbocycles. The van der Waals surface area contributed by atoms with Crippen molar-refractivity contribution in [2.75, 3.05) is 6.61 Å². The first kappa shape index (κ1) is 15.3. The topological polar surface area (TPSA) is 49.3 Å². The Hall–Kier alpha value is -1.79. The highest BCUT2D eigenvalue weighted by molar-refractivity contribution is 5.94. The highest BCUT2D eigenvalue weighted by Crippen LogP contribution is 2.15. The molecule has 3 heteroatoms. The Balaban J connectivity index is 2.78. The number of hydrogen-bond donors (Lipinski definition) is 2. The van der Waals surface area contributed by atoms with Gasteiger partial charge < -0.3 is 10.4 Å². The SMILES string of the molecule is CCC(C)(CC)NC(=O)c1ccc(C#CCO)cc1. The first-order valence-electron chi connectivity index (χ1n) is 6.57. The molecule has 0 saturated heterocycles. The number of hydrogen-bond acceptors (Lipinski definition) is 2. The Morgan fingerprint density at radius 1 is 1.26 bits per heavy atom. The summed E-state index contributed by atoms with van der Waals surface area (Å²) in [4.78, 5) is 12.1. The van der Waals surface area contributed by atoms with Crippen LogP contribution >= 0.6 is 0 Å². The molecule has 0 spiro atoms. The van der Waals surface area contributed by atoms with Crippen molar-refractivity contribution in [1.29, 1.82) is 0 Å². The fourth-order valence-electron chi connectivity index (χ4n) is 1.62. The molecular weight excluding hydrogens is 238 g/mol. The summed E-state index contributed by atoms with van der Waals surface area (Å²) in [6, 6.07) is 7.07. The highest BCUT2D eigenvalue weighted by Gasteiger charge is 2.22. The number of rotatable bonds is 4. The first-order valence-corrected chi connectivity index (χ1v) is 6.57. The van der Waals surface area contributed by atoms with Gasteiger partial charge in [0, 0.05) is 16.7 Å². The van der Waals surface area contributed by atoms with Crippen LogP contribution in [0.5, 0.6) is 0 Å². The average Bonchev–Trinajstić information content (AvgIpc) is 2.45. The van der Waals surface area contributed by atoms with Crippen LogP contribution in [0.25, 0.3) is 0 Å². The average molecular weight is 259 g/mol. The van der Waals surface area contributed by atoms with Crippen LogP contribution in [0.4, 0.5) is 0 Å². The molecule has 0 saturated carbocycles. The Morgan fingerprint density at radius 2 is 1.84 bits per heavy atom. The number of carbonyl (C=O) groups excluding carboxylic acids is 1. The first-order chi connectivity index (χ1) is 9.04. The van der Waals surface area contributed by atoms with Crippen molar-refractivity contribution in [3.63, 3.8) is 0 Å². The Morgan fingerprint density at radius 3 is 2.32 bits per heavy atom. The quantitative estimate of drug-likeness (QED) is 0.815. The maximum atomic E-state index is 12.1. The molecule has 0 heterocycles. The summed E-state index contributed by atoms with van der Waals surface area (Å²) >= 11 is 0. The van der Waals surface area contributed by atoms with Crippen LogP contribution in [0.2, 0.25) is 0 Å². The van der Waals surface area contributed by atoms with Crippen molar-refractivity contribution in [3.8, 4) is 11.8 Å². The number of benzene rings is 1. The molecule has 0 aliphatic heterocycles. The van der Waals surface area contributed by atoms with E-state index in [0.29, 0.717) is 5.56 Å². The molecule has 0 unspecified atom stereocenters. The number of aliphatic hydroxyl groups excluding tert-OH is 1. The van der Waals surface area contributed by atoms with E-state index >= 15 is 0 Å². The predicted molar refractivity (Wildman–Crippen MR) is 76.9 cm³/mol. The zero-order valence-corrected chi connectivity index (χ0v) is 11.8. The van der Waals surface area contributed by atoms with Crippen LogP contribution in [0.1, 0.15) is 49.5 Å². The fraction of sp³-hybridized carbons (Fsp3) is 0.438. The summed E-state index contributed by atoms with van der Waals surface area (Å²) in [7, 11) is 0. The maximum Gasteiger partial charge on any atom is 0.251 e. The molecule has 0 aliphatic carbocycles. The van der Waals surface area contributed by atoms with Gasteiger partial charge in [-0.05, 0) is 44.0 Å². The van der Waals surface area contributed by atoms with Crippen LogP contribution in [0, 0.1) is 11.8 Å². The van der Waals surface area contributed by atoms with Gasteiger partial charge in [0.2, 0.25) is 0 Å². The third-order valence-electron chi connectivity index (χ3n) is 3.43. The zero-order chi connectivity index (χ0) is 14.3. The molecule has 0 fully saturated rings. The van der Waals surface area contributed by atoms with E-state index in [0.717, 1.165) is 18.4 Å². The third-order valence-corrected chi connectivity index (χ3v) is 3.43. The molecule has 102 valence electrons. The summed E-state index contributed by atoms with van der Waals surface area (Å²) < 4.78 is 0. The van der Waals surface area contributed by atoms with Gasteiger partial charge in [-0.3, -0.25) is 4.79 Å². The number of amides is 1. The minimum atomic E-state index is -0.160. The molecule has 0 aliphatic rings. The predicted octanol–water partition coefficient (Wildman–Crippen LogP) is 2.34. The van der Waals surface area contributed by atoms with Crippen LogP contribution in [-0.2, 0) is 0 Å². The third kappa shape index (κ3) is 4.42. The standard InChI is InChI=1S/C16H21NO2/c1-4-16(3,5-2)17-15(19)14-10-8-13(9-11-14)7-6-12-18/h8-11,18H,4-5,12H2,1-3H3,(H,17,19).